The number of carbonyl (C=O) groups is 1. The minimum absolute atomic E-state index is 0.260. The normalized spacial score (nSPS) is 11.4. The third-order valence-corrected chi connectivity index (χ3v) is 3.85. The van der Waals surface area contributed by atoms with Gasteiger partial charge in [0, 0.05) is 16.0 Å². The molecule has 1 heterocycles. The summed E-state index contributed by atoms with van der Waals surface area (Å²) < 4.78 is 0. The van der Waals surface area contributed by atoms with Crippen LogP contribution in [-0.2, 0) is 0 Å². The molecule has 0 fully saturated rings. The molecule has 1 amide bonds. The van der Waals surface area contributed by atoms with E-state index in [1.165, 1.54) is 11.3 Å². The van der Waals surface area contributed by atoms with Crippen molar-refractivity contribution in [1.82, 2.24) is 4.98 Å². The predicted molar refractivity (Wildman–Crippen MR) is 80.3 cm³/mol. The number of nitrogens with one attached hydrogen (secondary N) is 1. The Labute approximate surface area is 124 Å². The van der Waals surface area contributed by atoms with Crippen LogP contribution in [0.1, 0.15) is 28.5 Å². The average Bonchev–Trinajstić information content (AvgIpc) is 2.89. The first kappa shape index (κ1) is 14.5. The lowest BCUT2D eigenvalue weighted by Crippen LogP contribution is -2.12. The fourth-order valence-electron chi connectivity index (χ4n) is 1.50. The van der Waals surface area contributed by atoms with E-state index in [9.17, 15) is 4.79 Å². The Morgan fingerprint density at radius 3 is 2.90 bits per heavy atom. The van der Waals surface area contributed by atoms with Gasteiger partial charge >= 0.3 is 0 Å². The van der Waals surface area contributed by atoms with Crippen LogP contribution in [0.4, 0.5) is 5.13 Å². The van der Waals surface area contributed by atoms with E-state index >= 15 is 0 Å². The van der Waals surface area contributed by atoms with Crippen LogP contribution in [0.25, 0.3) is 0 Å². The van der Waals surface area contributed by atoms with Gasteiger partial charge in [0.2, 0.25) is 0 Å². The van der Waals surface area contributed by atoms with Crippen LogP contribution in [0.5, 0.6) is 0 Å². The molecule has 104 valence electrons. The van der Waals surface area contributed by atoms with Crippen molar-refractivity contribution in [3.05, 3.63) is 45.4 Å². The number of carbonyl (C=O) groups excluding carboxylic acids is 1. The second kappa shape index (κ2) is 6.02. The van der Waals surface area contributed by atoms with Gasteiger partial charge in [-0.1, -0.05) is 16.8 Å². The lowest BCUT2D eigenvalue weighted by Gasteiger charge is -2.04. The molecule has 0 aliphatic heterocycles. The Hall–Kier alpha value is -1.92. The number of thiazole rings is 1. The van der Waals surface area contributed by atoms with Crippen molar-refractivity contribution in [2.45, 2.75) is 13.8 Å². The van der Waals surface area contributed by atoms with Gasteiger partial charge in [-0.25, -0.2) is 4.98 Å². The van der Waals surface area contributed by atoms with E-state index in [4.69, 9.17) is 16.8 Å². The number of nitrogens with zero attached hydrogens (tertiary/aromatic N) is 2. The fraction of sp³-hybridized carbons (Fsp3) is 0.154. The number of aryl methyl sites for hydroxylation is 1. The number of amides is 1. The van der Waals surface area contributed by atoms with Crippen LogP contribution >= 0.6 is 22.9 Å². The summed E-state index contributed by atoms with van der Waals surface area (Å²) >= 11 is 7.18. The van der Waals surface area contributed by atoms with Gasteiger partial charge in [0.15, 0.2) is 5.13 Å². The molecular formula is C13H12ClN3O2S. The number of halogens is 1. The minimum atomic E-state index is -0.260. The van der Waals surface area contributed by atoms with Crippen LogP contribution in [-0.4, -0.2) is 21.8 Å². The SMILES string of the molecule is C/C(=N/O)c1csc(NC(=O)c2ccc(Cl)c(C)c2)n1. The molecular weight excluding hydrogens is 298 g/mol. The van der Waals surface area contributed by atoms with Crippen molar-refractivity contribution in [3.63, 3.8) is 0 Å². The maximum Gasteiger partial charge on any atom is 0.257 e. The fourth-order valence-corrected chi connectivity index (χ4v) is 2.37. The van der Waals surface area contributed by atoms with Crippen molar-refractivity contribution in [2.75, 3.05) is 5.32 Å². The molecule has 0 unspecified atom stereocenters. The van der Waals surface area contributed by atoms with Crippen LogP contribution in [0.2, 0.25) is 5.02 Å². The van der Waals surface area contributed by atoms with E-state index in [-0.39, 0.29) is 5.91 Å². The van der Waals surface area contributed by atoms with Gasteiger partial charge in [0.05, 0.1) is 0 Å². The van der Waals surface area contributed by atoms with Gasteiger partial charge in [-0.3, -0.25) is 10.1 Å². The summed E-state index contributed by atoms with van der Waals surface area (Å²) in [6.07, 6.45) is 0. The highest BCUT2D eigenvalue weighted by atomic mass is 35.5. The van der Waals surface area contributed by atoms with Crippen LogP contribution in [0.15, 0.2) is 28.7 Å². The van der Waals surface area contributed by atoms with Gasteiger partial charge in [0.25, 0.3) is 5.91 Å². The molecule has 0 aliphatic carbocycles. The maximum atomic E-state index is 12.1. The van der Waals surface area contributed by atoms with Gasteiger partial charge in [-0.15, -0.1) is 11.3 Å². The predicted octanol–water partition coefficient (Wildman–Crippen LogP) is 3.56. The molecule has 2 aromatic rings. The molecule has 0 atom stereocenters. The Morgan fingerprint density at radius 1 is 1.50 bits per heavy atom. The van der Waals surface area contributed by atoms with Gasteiger partial charge in [0.1, 0.15) is 11.4 Å². The van der Waals surface area contributed by atoms with E-state index < -0.39 is 0 Å². The molecule has 0 saturated heterocycles. The Balaban J connectivity index is 2.15. The summed E-state index contributed by atoms with van der Waals surface area (Å²) in [5, 5.41) is 17.2. The number of oxime groups is 1. The average molecular weight is 310 g/mol. The van der Waals surface area contributed by atoms with Crippen molar-refractivity contribution < 1.29 is 10.0 Å². The molecule has 2 N–H and O–H groups in total. The molecule has 5 nitrogen and oxygen atoms in total. The van der Waals surface area contributed by atoms with Crippen LogP contribution in [0, 0.1) is 6.92 Å². The first-order valence-electron chi connectivity index (χ1n) is 5.73. The van der Waals surface area contributed by atoms with E-state index in [0.717, 1.165) is 5.56 Å². The molecule has 1 aromatic carbocycles. The minimum Gasteiger partial charge on any atom is -0.411 e. The van der Waals surface area contributed by atoms with Gasteiger partial charge in [-0.05, 0) is 37.6 Å². The highest BCUT2D eigenvalue weighted by Crippen LogP contribution is 2.19. The third-order valence-electron chi connectivity index (χ3n) is 2.67. The quantitative estimate of drug-likeness (QED) is 0.517. The monoisotopic (exact) mass is 309 g/mol. The molecule has 1 aromatic heterocycles. The van der Waals surface area contributed by atoms with E-state index in [1.807, 2.05) is 6.92 Å². The maximum absolute atomic E-state index is 12.1. The van der Waals surface area contributed by atoms with E-state index in [1.54, 1.807) is 30.5 Å². The van der Waals surface area contributed by atoms with Gasteiger partial charge in [-0.2, -0.15) is 0 Å². The summed E-state index contributed by atoms with van der Waals surface area (Å²) in [5.41, 5.74) is 2.27. The Kier molecular flexibility index (Phi) is 4.36. The summed E-state index contributed by atoms with van der Waals surface area (Å²) in [5.74, 6) is -0.260. The summed E-state index contributed by atoms with van der Waals surface area (Å²) in [6, 6.07) is 5.05. The number of rotatable bonds is 3. The van der Waals surface area contributed by atoms with Crippen LogP contribution in [0.3, 0.4) is 0 Å². The molecule has 0 spiro atoms. The molecule has 20 heavy (non-hydrogen) atoms. The lowest BCUT2D eigenvalue weighted by molar-refractivity contribution is 0.102. The van der Waals surface area contributed by atoms with Gasteiger partial charge < -0.3 is 5.21 Å². The molecule has 0 aliphatic rings. The number of aromatic nitrogens is 1. The summed E-state index contributed by atoms with van der Waals surface area (Å²) in [6.45, 7) is 3.46. The summed E-state index contributed by atoms with van der Waals surface area (Å²) in [7, 11) is 0. The first-order valence-corrected chi connectivity index (χ1v) is 6.99. The zero-order chi connectivity index (χ0) is 14.7. The number of hydrogen-bond donors (Lipinski definition) is 2. The second-order valence-electron chi connectivity index (χ2n) is 4.14. The molecule has 2 rings (SSSR count). The number of hydrogen-bond acceptors (Lipinski definition) is 5. The second-order valence-corrected chi connectivity index (χ2v) is 5.41. The number of anilines is 1. The Bertz CT molecular complexity index is 682. The molecule has 0 saturated carbocycles. The van der Waals surface area contributed by atoms with Crippen molar-refractivity contribution in [1.29, 1.82) is 0 Å². The van der Waals surface area contributed by atoms with E-state index in [0.29, 0.717) is 27.1 Å². The Morgan fingerprint density at radius 2 is 2.25 bits per heavy atom. The van der Waals surface area contributed by atoms with Crippen LogP contribution < -0.4 is 5.32 Å². The topological polar surface area (TPSA) is 74.6 Å². The molecule has 7 heteroatoms. The summed E-state index contributed by atoms with van der Waals surface area (Å²) in [4.78, 5) is 16.2. The zero-order valence-electron chi connectivity index (χ0n) is 10.8. The van der Waals surface area contributed by atoms with Crippen molar-refractivity contribution in [2.24, 2.45) is 5.16 Å². The van der Waals surface area contributed by atoms with E-state index in [2.05, 4.69) is 15.5 Å². The molecule has 0 bridgehead atoms. The lowest BCUT2D eigenvalue weighted by atomic mass is 10.1. The smallest absolute Gasteiger partial charge is 0.257 e. The van der Waals surface area contributed by atoms with Crippen molar-refractivity contribution >= 4 is 39.7 Å². The highest BCUT2D eigenvalue weighted by molar-refractivity contribution is 7.14. The molecule has 0 radical (unpaired) electrons. The number of benzene rings is 1. The third kappa shape index (κ3) is 3.15. The largest absolute Gasteiger partial charge is 0.411 e. The van der Waals surface area contributed by atoms with Crippen molar-refractivity contribution in [3.8, 4) is 0 Å². The standard InChI is InChI=1S/C13H12ClN3O2S/c1-7-5-9(3-4-10(7)14)12(18)16-13-15-11(6-20-13)8(2)17-19/h3-6,19H,1-2H3,(H,15,16,18)/b17-8-. The highest BCUT2D eigenvalue weighted by Gasteiger charge is 2.11. The zero-order valence-corrected chi connectivity index (χ0v) is 12.4. The first-order chi connectivity index (χ1) is 9.51.